The van der Waals surface area contributed by atoms with Crippen LogP contribution in [-0.2, 0) is 6.42 Å². The Morgan fingerprint density at radius 1 is 1.00 bits per heavy atom. The number of rotatable bonds is 2. The smallest absolute Gasteiger partial charge is 0.177 e. The van der Waals surface area contributed by atoms with E-state index in [2.05, 4.69) is 15.9 Å². The molecule has 0 amide bonds. The van der Waals surface area contributed by atoms with Gasteiger partial charge in [-0.15, -0.1) is 0 Å². The van der Waals surface area contributed by atoms with E-state index in [-0.39, 0.29) is 11.5 Å². The zero-order chi connectivity index (χ0) is 13.4. The lowest BCUT2D eigenvalue weighted by molar-refractivity contribution is 0.341. The minimum atomic E-state index is -0.210. The van der Waals surface area contributed by atoms with E-state index < -0.39 is 0 Å². The number of para-hydroxylation sites is 2. The van der Waals surface area contributed by atoms with Crippen LogP contribution in [0, 0.1) is 0 Å². The Morgan fingerprint density at radius 3 is 2.37 bits per heavy atom. The predicted octanol–water partition coefficient (Wildman–Crippen LogP) is 3.93. The zero-order valence-electron chi connectivity index (χ0n) is 9.89. The number of benzene rings is 2. The number of hydrogen-bond acceptors (Lipinski definition) is 4. The Kier molecular flexibility index (Phi) is 2.98. The van der Waals surface area contributed by atoms with Crippen molar-refractivity contribution in [2.24, 2.45) is 0 Å². The van der Waals surface area contributed by atoms with Gasteiger partial charge in [0.05, 0.1) is 0 Å². The van der Waals surface area contributed by atoms with Crippen LogP contribution in [0.2, 0.25) is 0 Å². The first kappa shape index (κ1) is 12.2. The second-order valence-electron chi connectivity index (χ2n) is 4.14. The van der Waals surface area contributed by atoms with Crippen molar-refractivity contribution in [2.75, 3.05) is 5.33 Å². The standard InChI is InChI=1S/C14H11BrO4/c15-6-5-8-13(17)9(16)7-12-14(8)19-11-4-2-1-3-10(11)18-12/h1-4,7,16-17H,5-6H2. The van der Waals surface area contributed by atoms with Gasteiger partial charge in [0.25, 0.3) is 0 Å². The lowest BCUT2D eigenvalue weighted by Crippen LogP contribution is -2.02. The molecule has 5 heteroatoms. The van der Waals surface area contributed by atoms with Gasteiger partial charge < -0.3 is 19.7 Å². The highest BCUT2D eigenvalue weighted by molar-refractivity contribution is 9.09. The zero-order valence-corrected chi connectivity index (χ0v) is 11.5. The van der Waals surface area contributed by atoms with Crippen LogP contribution in [0.5, 0.6) is 34.5 Å². The number of ether oxygens (including phenoxy) is 2. The third kappa shape index (κ3) is 2.00. The Labute approximate surface area is 118 Å². The maximum Gasteiger partial charge on any atom is 0.177 e. The van der Waals surface area contributed by atoms with E-state index in [9.17, 15) is 10.2 Å². The fourth-order valence-electron chi connectivity index (χ4n) is 2.03. The third-order valence-electron chi connectivity index (χ3n) is 2.92. The maximum atomic E-state index is 9.93. The summed E-state index contributed by atoms with van der Waals surface area (Å²) in [6.07, 6.45) is 0.522. The molecule has 0 unspecified atom stereocenters. The number of phenols is 2. The molecule has 0 saturated carbocycles. The number of aromatic hydroxyl groups is 2. The number of hydrogen-bond donors (Lipinski definition) is 2. The molecule has 0 fully saturated rings. The normalized spacial score (nSPS) is 12.1. The molecule has 2 aromatic carbocycles. The molecule has 3 rings (SSSR count). The van der Waals surface area contributed by atoms with Gasteiger partial charge in [0.1, 0.15) is 0 Å². The molecule has 98 valence electrons. The van der Waals surface area contributed by atoms with E-state index in [1.54, 1.807) is 12.1 Å². The largest absolute Gasteiger partial charge is 0.504 e. The first-order valence-corrected chi connectivity index (χ1v) is 6.91. The fourth-order valence-corrected chi connectivity index (χ4v) is 2.43. The van der Waals surface area contributed by atoms with Gasteiger partial charge in [-0.05, 0) is 18.6 Å². The van der Waals surface area contributed by atoms with Crippen LogP contribution < -0.4 is 9.47 Å². The number of halogens is 1. The predicted molar refractivity (Wildman–Crippen MR) is 73.9 cm³/mol. The lowest BCUT2D eigenvalue weighted by Gasteiger charge is -2.23. The second kappa shape index (κ2) is 4.66. The third-order valence-corrected chi connectivity index (χ3v) is 3.32. The van der Waals surface area contributed by atoms with Crippen molar-refractivity contribution in [2.45, 2.75) is 6.42 Å². The highest BCUT2D eigenvalue weighted by Gasteiger charge is 2.25. The molecule has 19 heavy (non-hydrogen) atoms. The van der Waals surface area contributed by atoms with Gasteiger partial charge in [0.15, 0.2) is 34.5 Å². The van der Waals surface area contributed by atoms with Crippen molar-refractivity contribution in [3.8, 4) is 34.5 Å². The van der Waals surface area contributed by atoms with E-state index in [0.29, 0.717) is 40.3 Å². The summed E-state index contributed by atoms with van der Waals surface area (Å²) in [5, 5.41) is 20.3. The topological polar surface area (TPSA) is 58.9 Å². The molecular formula is C14H11BrO4. The highest BCUT2D eigenvalue weighted by atomic mass is 79.9. The van der Waals surface area contributed by atoms with E-state index in [4.69, 9.17) is 9.47 Å². The Hall–Kier alpha value is -1.88. The van der Waals surface area contributed by atoms with E-state index in [1.165, 1.54) is 6.07 Å². The summed E-state index contributed by atoms with van der Waals surface area (Å²) in [4.78, 5) is 0. The molecular weight excluding hydrogens is 312 g/mol. The summed E-state index contributed by atoms with van der Waals surface area (Å²) in [7, 11) is 0. The Morgan fingerprint density at radius 2 is 1.68 bits per heavy atom. The molecule has 1 aliphatic heterocycles. The average molecular weight is 323 g/mol. The van der Waals surface area contributed by atoms with E-state index in [0.717, 1.165) is 0 Å². The van der Waals surface area contributed by atoms with Crippen LogP contribution in [-0.4, -0.2) is 15.5 Å². The SMILES string of the molecule is Oc1cc2c(c(CCBr)c1O)Oc1ccccc1O2. The van der Waals surface area contributed by atoms with Gasteiger partial charge in [0, 0.05) is 17.0 Å². The van der Waals surface area contributed by atoms with E-state index in [1.807, 2.05) is 12.1 Å². The van der Waals surface area contributed by atoms with Gasteiger partial charge in [-0.3, -0.25) is 0 Å². The number of alkyl halides is 1. The first-order chi connectivity index (χ1) is 9.20. The molecule has 0 saturated heterocycles. The minimum Gasteiger partial charge on any atom is -0.504 e. The number of phenolic OH excluding ortho intramolecular Hbond substituents is 2. The summed E-state index contributed by atoms with van der Waals surface area (Å²) < 4.78 is 11.5. The van der Waals surface area contributed by atoms with E-state index >= 15 is 0 Å². The average Bonchev–Trinajstić information content (AvgIpc) is 2.42. The van der Waals surface area contributed by atoms with Crippen molar-refractivity contribution >= 4 is 15.9 Å². The van der Waals surface area contributed by atoms with Crippen molar-refractivity contribution in [1.82, 2.24) is 0 Å². The number of fused-ring (bicyclic) bond motifs is 2. The van der Waals surface area contributed by atoms with Crippen molar-refractivity contribution in [3.63, 3.8) is 0 Å². The molecule has 1 aliphatic rings. The molecule has 0 aromatic heterocycles. The fraction of sp³-hybridized carbons (Fsp3) is 0.143. The van der Waals surface area contributed by atoms with Gasteiger partial charge in [-0.1, -0.05) is 28.1 Å². The van der Waals surface area contributed by atoms with Crippen LogP contribution in [0.25, 0.3) is 0 Å². The van der Waals surface area contributed by atoms with Crippen LogP contribution in [0.4, 0.5) is 0 Å². The lowest BCUT2D eigenvalue weighted by atomic mass is 10.1. The summed E-state index contributed by atoms with van der Waals surface area (Å²) >= 11 is 3.32. The van der Waals surface area contributed by atoms with Gasteiger partial charge in [0.2, 0.25) is 0 Å². The maximum absolute atomic E-state index is 9.93. The molecule has 0 atom stereocenters. The summed E-state index contributed by atoms with van der Waals surface area (Å²) in [5.41, 5.74) is 0.529. The monoisotopic (exact) mass is 322 g/mol. The molecule has 1 heterocycles. The van der Waals surface area contributed by atoms with Crippen LogP contribution in [0.1, 0.15) is 5.56 Å². The van der Waals surface area contributed by atoms with Crippen LogP contribution in [0.15, 0.2) is 30.3 Å². The Balaban J connectivity index is 2.14. The summed E-state index contributed by atoms with van der Waals surface area (Å²) in [6, 6.07) is 8.62. The van der Waals surface area contributed by atoms with Gasteiger partial charge >= 0.3 is 0 Å². The van der Waals surface area contributed by atoms with Crippen molar-refractivity contribution in [1.29, 1.82) is 0 Å². The van der Waals surface area contributed by atoms with Crippen molar-refractivity contribution < 1.29 is 19.7 Å². The summed E-state index contributed by atoms with van der Waals surface area (Å²) in [5.74, 6) is 1.66. The second-order valence-corrected chi connectivity index (χ2v) is 4.93. The molecule has 2 N–H and O–H groups in total. The molecule has 0 bridgehead atoms. The minimum absolute atomic E-state index is 0.166. The van der Waals surface area contributed by atoms with Gasteiger partial charge in [-0.2, -0.15) is 0 Å². The van der Waals surface area contributed by atoms with Crippen LogP contribution in [0.3, 0.4) is 0 Å². The summed E-state index contributed by atoms with van der Waals surface area (Å²) in [6.45, 7) is 0. The first-order valence-electron chi connectivity index (χ1n) is 5.79. The Bertz CT molecular complexity index is 640. The molecule has 2 aromatic rings. The quantitative estimate of drug-likeness (QED) is 0.554. The molecule has 0 aliphatic carbocycles. The molecule has 0 spiro atoms. The molecule has 0 radical (unpaired) electrons. The van der Waals surface area contributed by atoms with Crippen LogP contribution >= 0.6 is 15.9 Å². The molecule has 4 nitrogen and oxygen atoms in total. The van der Waals surface area contributed by atoms with Gasteiger partial charge in [-0.25, -0.2) is 0 Å². The highest BCUT2D eigenvalue weighted by Crippen LogP contribution is 2.51. The van der Waals surface area contributed by atoms with Crippen molar-refractivity contribution in [3.05, 3.63) is 35.9 Å².